The molecule has 0 bridgehead atoms. The number of anilines is 1. The Morgan fingerprint density at radius 3 is 2.86 bits per heavy atom. The molecule has 1 aliphatic heterocycles. The van der Waals surface area contributed by atoms with Crippen LogP contribution in [0, 0.1) is 0 Å². The largest absolute Gasteiger partial charge is 0.333 e. The summed E-state index contributed by atoms with van der Waals surface area (Å²) in [5.41, 5.74) is 1.29. The van der Waals surface area contributed by atoms with Crippen molar-refractivity contribution in [3.8, 4) is 0 Å². The number of nitrogens with zero attached hydrogens (tertiary/aromatic N) is 1. The van der Waals surface area contributed by atoms with Gasteiger partial charge in [0.05, 0.1) is 0 Å². The van der Waals surface area contributed by atoms with Crippen molar-refractivity contribution in [3.63, 3.8) is 0 Å². The topological polar surface area (TPSA) is 61.4 Å². The number of rotatable bonds is 3. The van der Waals surface area contributed by atoms with E-state index in [0.717, 1.165) is 6.54 Å². The van der Waals surface area contributed by atoms with Crippen LogP contribution >= 0.6 is 0 Å². The fourth-order valence-electron chi connectivity index (χ4n) is 2.49. The van der Waals surface area contributed by atoms with Crippen LogP contribution in [0.25, 0.3) is 0 Å². The van der Waals surface area contributed by atoms with E-state index in [0.29, 0.717) is 24.2 Å². The second kappa shape index (κ2) is 6.72. The lowest BCUT2D eigenvalue weighted by Crippen LogP contribution is -2.57. The minimum Gasteiger partial charge on any atom is -0.333 e. The van der Waals surface area contributed by atoms with Crippen LogP contribution in [-0.4, -0.2) is 41.9 Å². The lowest BCUT2D eigenvalue weighted by atomic mass is 10.0. The summed E-state index contributed by atoms with van der Waals surface area (Å²) in [6.45, 7) is 7.45. The zero-order chi connectivity index (χ0) is 15.4. The molecule has 1 saturated heterocycles. The Morgan fingerprint density at radius 1 is 1.38 bits per heavy atom. The molecular formula is C16H23N3O2. The number of nitrogens with one attached hydrogen (secondary N) is 2. The number of piperazine rings is 1. The summed E-state index contributed by atoms with van der Waals surface area (Å²) in [6.07, 6.45) is 0.421. The molecular weight excluding hydrogens is 266 g/mol. The Morgan fingerprint density at radius 2 is 2.14 bits per heavy atom. The summed E-state index contributed by atoms with van der Waals surface area (Å²) < 4.78 is 0. The van der Waals surface area contributed by atoms with Crippen LogP contribution in [0.2, 0.25) is 0 Å². The maximum atomic E-state index is 12.6. The number of hydrogen-bond acceptors (Lipinski definition) is 3. The predicted octanol–water partition coefficient (Wildman–Crippen LogP) is 1.86. The van der Waals surface area contributed by atoms with Crippen molar-refractivity contribution in [1.29, 1.82) is 0 Å². The number of carbonyl (C=O) groups excluding carboxylic acids is 2. The maximum absolute atomic E-state index is 12.6. The van der Waals surface area contributed by atoms with E-state index >= 15 is 0 Å². The zero-order valence-corrected chi connectivity index (χ0v) is 12.8. The van der Waals surface area contributed by atoms with Crippen molar-refractivity contribution < 1.29 is 9.59 Å². The SMILES string of the molecule is CCC(=O)Nc1cccc(C(=O)N2CCNC(C)C2C)c1. The number of benzene rings is 1. The molecule has 0 radical (unpaired) electrons. The fraction of sp³-hybridized carbons (Fsp3) is 0.500. The van der Waals surface area contributed by atoms with E-state index in [1.54, 1.807) is 31.2 Å². The Balaban J connectivity index is 2.15. The summed E-state index contributed by atoms with van der Waals surface area (Å²) >= 11 is 0. The highest BCUT2D eigenvalue weighted by Crippen LogP contribution is 2.17. The van der Waals surface area contributed by atoms with E-state index in [-0.39, 0.29) is 23.9 Å². The highest BCUT2D eigenvalue weighted by Gasteiger charge is 2.28. The van der Waals surface area contributed by atoms with Crippen LogP contribution in [0.4, 0.5) is 5.69 Å². The number of hydrogen-bond donors (Lipinski definition) is 2. The maximum Gasteiger partial charge on any atom is 0.254 e. The summed E-state index contributed by atoms with van der Waals surface area (Å²) in [5, 5.41) is 6.15. The molecule has 2 rings (SSSR count). The first-order valence-corrected chi connectivity index (χ1v) is 7.47. The van der Waals surface area contributed by atoms with Gasteiger partial charge in [-0.2, -0.15) is 0 Å². The van der Waals surface area contributed by atoms with E-state index in [1.807, 2.05) is 4.90 Å². The standard InChI is InChI=1S/C16H23N3O2/c1-4-15(20)18-14-7-5-6-13(10-14)16(21)19-9-8-17-11(2)12(19)3/h5-7,10-12,17H,4,8-9H2,1-3H3,(H,18,20). The van der Waals surface area contributed by atoms with Crippen LogP contribution in [0.1, 0.15) is 37.6 Å². The molecule has 5 nitrogen and oxygen atoms in total. The van der Waals surface area contributed by atoms with Crippen molar-refractivity contribution in [3.05, 3.63) is 29.8 Å². The van der Waals surface area contributed by atoms with Crippen LogP contribution in [0.15, 0.2) is 24.3 Å². The molecule has 1 aromatic carbocycles. The third-order valence-corrected chi connectivity index (χ3v) is 4.01. The summed E-state index contributed by atoms with van der Waals surface area (Å²) in [7, 11) is 0. The first kappa shape index (κ1) is 15.5. The van der Waals surface area contributed by atoms with Gasteiger partial charge in [-0.3, -0.25) is 9.59 Å². The molecule has 5 heteroatoms. The molecule has 114 valence electrons. The second-order valence-electron chi connectivity index (χ2n) is 5.46. The second-order valence-corrected chi connectivity index (χ2v) is 5.46. The van der Waals surface area contributed by atoms with Crippen LogP contribution in [-0.2, 0) is 4.79 Å². The average molecular weight is 289 g/mol. The van der Waals surface area contributed by atoms with Gasteiger partial charge < -0.3 is 15.5 Å². The minimum atomic E-state index is -0.0521. The van der Waals surface area contributed by atoms with Gasteiger partial charge >= 0.3 is 0 Å². The molecule has 2 N–H and O–H groups in total. The zero-order valence-electron chi connectivity index (χ0n) is 12.8. The van der Waals surface area contributed by atoms with E-state index in [9.17, 15) is 9.59 Å². The van der Waals surface area contributed by atoms with Crippen molar-refractivity contribution in [2.24, 2.45) is 0 Å². The third kappa shape index (κ3) is 3.61. The van der Waals surface area contributed by atoms with E-state index in [1.165, 1.54) is 0 Å². The fourth-order valence-corrected chi connectivity index (χ4v) is 2.49. The van der Waals surface area contributed by atoms with Gasteiger partial charge in [0.15, 0.2) is 0 Å². The summed E-state index contributed by atoms with van der Waals surface area (Å²) in [4.78, 5) is 26.0. The summed E-state index contributed by atoms with van der Waals surface area (Å²) in [5.74, 6) is -0.0350. The molecule has 1 heterocycles. The van der Waals surface area contributed by atoms with E-state index in [4.69, 9.17) is 0 Å². The summed E-state index contributed by atoms with van der Waals surface area (Å²) in [6, 6.07) is 7.58. The normalized spacial score (nSPS) is 22.0. The monoisotopic (exact) mass is 289 g/mol. The van der Waals surface area contributed by atoms with Gasteiger partial charge in [0.1, 0.15) is 0 Å². The predicted molar refractivity (Wildman–Crippen MR) is 83.3 cm³/mol. The Labute approximate surface area is 125 Å². The lowest BCUT2D eigenvalue weighted by molar-refractivity contribution is -0.115. The third-order valence-electron chi connectivity index (χ3n) is 4.01. The molecule has 2 amide bonds. The molecule has 1 aliphatic rings. The molecule has 21 heavy (non-hydrogen) atoms. The lowest BCUT2D eigenvalue weighted by Gasteiger charge is -2.38. The Bertz CT molecular complexity index is 530. The molecule has 0 aromatic heterocycles. The van der Waals surface area contributed by atoms with Crippen LogP contribution in [0.5, 0.6) is 0 Å². The highest BCUT2D eigenvalue weighted by molar-refractivity contribution is 5.97. The minimum absolute atomic E-state index is 0.0171. The van der Waals surface area contributed by atoms with Gasteiger partial charge in [-0.05, 0) is 32.0 Å². The quantitative estimate of drug-likeness (QED) is 0.893. The average Bonchev–Trinajstić information content (AvgIpc) is 2.49. The van der Waals surface area contributed by atoms with E-state index < -0.39 is 0 Å². The molecule has 2 atom stereocenters. The highest BCUT2D eigenvalue weighted by atomic mass is 16.2. The Hall–Kier alpha value is -1.88. The van der Waals surface area contributed by atoms with Gasteiger partial charge in [0, 0.05) is 42.8 Å². The van der Waals surface area contributed by atoms with Crippen molar-refractivity contribution in [2.75, 3.05) is 18.4 Å². The van der Waals surface area contributed by atoms with Crippen molar-refractivity contribution in [2.45, 2.75) is 39.3 Å². The number of carbonyl (C=O) groups is 2. The van der Waals surface area contributed by atoms with Gasteiger partial charge in [-0.1, -0.05) is 13.0 Å². The molecule has 1 fully saturated rings. The number of amides is 2. The van der Waals surface area contributed by atoms with Gasteiger partial charge in [0.25, 0.3) is 5.91 Å². The van der Waals surface area contributed by atoms with Gasteiger partial charge in [-0.25, -0.2) is 0 Å². The molecule has 0 saturated carbocycles. The van der Waals surface area contributed by atoms with Gasteiger partial charge in [-0.15, -0.1) is 0 Å². The molecule has 0 aliphatic carbocycles. The smallest absolute Gasteiger partial charge is 0.254 e. The first-order chi connectivity index (χ1) is 10.0. The van der Waals surface area contributed by atoms with Gasteiger partial charge in [0.2, 0.25) is 5.91 Å². The van der Waals surface area contributed by atoms with Crippen molar-refractivity contribution >= 4 is 17.5 Å². The Kier molecular flexibility index (Phi) is 4.96. The van der Waals surface area contributed by atoms with Crippen LogP contribution in [0.3, 0.4) is 0 Å². The molecule has 1 aromatic rings. The molecule has 0 spiro atoms. The molecule has 2 unspecified atom stereocenters. The first-order valence-electron chi connectivity index (χ1n) is 7.47. The van der Waals surface area contributed by atoms with E-state index in [2.05, 4.69) is 24.5 Å². The van der Waals surface area contributed by atoms with Crippen LogP contribution < -0.4 is 10.6 Å². The van der Waals surface area contributed by atoms with Crippen molar-refractivity contribution in [1.82, 2.24) is 10.2 Å².